The first kappa shape index (κ1) is 24.9. The van der Waals surface area contributed by atoms with Gasteiger partial charge in [-0.1, -0.05) is 12.1 Å². The SMILES string of the molecule is CN=C(NCCOCCS(C)(=O)=O)N(C)CCOc1ccccc1F.I. The molecule has 0 aliphatic carbocycles. The number of hydrogen-bond donors (Lipinski definition) is 1. The molecule has 0 saturated heterocycles. The van der Waals surface area contributed by atoms with Crippen molar-refractivity contribution in [2.24, 2.45) is 4.99 Å². The van der Waals surface area contributed by atoms with Crippen LogP contribution in [0.25, 0.3) is 0 Å². The Bertz CT molecular complexity index is 659. The highest BCUT2D eigenvalue weighted by molar-refractivity contribution is 14.0. The van der Waals surface area contributed by atoms with Gasteiger partial charge in [0.2, 0.25) is 0 Å². The van der Waals surface area contributed by atoms with Crippen molar-refractivity contribution in [2.75, 3.05) is 59.0 Å². The Labute approximate surface area is 171 Å². The van der Waals surface area contributed by atoms with Crippen molar-refractivity contribution in [1.82, 2.24) is 10.2 Å². The Morgan fingerprint density at radius 2 is 1.96 bits per heavy atom. The maximum Gasteiger partial charge on any atom is 0.193 e. The van der Waals surface area contributed by atoms with E-state index in [9.17, 15) is 12.8 Å². The number of nitrogens with one attached hydrogen (secondary N) is 1. The van der Waals surface area contributed by atoms with Crippen molar-refractivity contribution >= 4 is 39.8 Å². The summed E-state index contributed by atoms with van der Waals surface area (Å²) in [4.78, 5) is 5.98. The van der Waals surface area contributed by atoms with Gasteiger partial charge in [0.1, 0.15) is 16.4 Å². The quantitative estimate of drug-likeness (QED) is 0.225. The summed E-state index contributed by atoms with van der Waals surface area (Å²) in [6.07, 6.45) is 1.18. The van der Waals surface area contributed by atoms with Gasteiger partial charge in [-0.3, -0.25) is 4.99 Å². The van der Waals surface area contributed by atoms with Crippen LogP contribution in [0, 0.1) is 5.82 Å². The molecule has 0 fully saturated rings. The molecule has 1 aromatic carbocycles. The molecule has 150 valence electrons. The highest BCUT2D eigenvalue weighted by atomic mass is 127. The second-order valence-corrected chi connectivity index (χ2v) is 7.68. The molecule has 1 N–H and O–H groups in total. The van der Waals surface area contributed by atoms with Crippen molar-refractivity contribution in [1.29, 1.82) is 0 Å². The molecule has 0 amide bonds. The first-order valence-corrected chi connectivity index (χ1v) is 9.94. The first-order valence-electron chi connectivity index (χ1n) is 7.88. The number of ether oxygens (including phenoxy) is 2. The molecular weight excluding hydrogens is 476 g/mol. The fourth-order valence-corrected chi connectivity index (χ4v) is 2.31. The summed E-state index contributed by atoms with van der Waals surface area (Å²) in [5.41, 5.74) is 0. The minimum absolute atomic E-state index is 0. The number of aliphatic imine (C=N–C) groups is 1. The second-order valence-electron chi connectivity index (χ2n) is 5.42. The zero-order chi connectivity index (χ0) is 18.7. The van der Waals surface area contributed by atoms with Gasteiger partial charge in [0.15, 0.2) is 17.5 Å². The van der Waals surface area contributed by atoms with Crippen molar-refractivity contribution in [3.8, 4) is 5.75 Å². The molecule has 10 heteroatoms. The fraction of sp³-hybridized carbons (Fsp3) is 0.562. The predicted octanol–water partition coefficient (Wildman–Crippen LogP) is 1.39. The number of benzene rings is 1. The molecule has 0 atom stereocenters. The summed E-state index contributed by atoms with van der Waals surface area (Å²) in [5.74, 6) is 0.482. The summed E-state index contributed by atoms with van der Waals surface area (Å²) in [5, 5.41) is 3.10. The highest BCUT2D eigenvalue weighted by Crippen LogP contribution is 2.14. The average molecular weight is 503 g/mol. The molecular formula is C16H27FIN3O4S. The van der Waals surface area contributed by atoms with Crippen LogP contribution in [0.1, 0.15) is 0 Å². The number of halogens is 2. The summed E-state index contributed by atoms with van der Waals surface area (Å²) >= 11 is 0. The van der Waals surface area contributed by atoms with Crippen LogP contribution in [0.4, 0.5) is 4.39 Å². The topological polar surface area (TPSA) is 80.2 Å². The van der Waals surface area contributed by atoms with E-state index in [1.807, 2.05) is 11.9 Å². The van der Waals surface area contributed by atoms with Gasteiger partial charge in [-0.2, -0.15) is 0 Å². The molecule has 0 unspecified atom stereocenters. The van der Waals surface area contributed by atoms with E-state index in [0.29, 0.717) is 32.3 Å². The number of rotatable bonds is 10. The molecule has 1 aromatic rings. The zero-order valence-electron chi connectivity index (χ0n) is 15.3. The van der Waals surface area contributed by atoms with E-state index in [2.05, 4.69) is 10.3 Å². The second kappa shape index (κ2) is 13.1. The highest BCUT2D eigenvalue weighted by Gasteiger charge is 2.07. The third kappa shape index (κ3) is 10.8. The van der Waals surface area contributed by atoms with Crippen LogP contribution in [0.15, 0.2) is 29.3 Å². The minimum Gasteiger partial charge on any atom is -0.489 e. The van der Waals surface area contributed by atoms with Gasteiger partial charge in [0.05, 0.1) is 25.5 Å². The van der Waals surface area contributed by atoms with Crippen LogP contribution in [0.5, 0.6) is 5.75 Å². The van der Waals surface area contributed by atoms with Gasteiger partial charge in [0, 0.05) is 26.9 Å². The molecule has 0 radical (unpaired) electrons. The van der Waals surface area contributed by atoms with Crippen LogP contribution in [-0.2, 0) is 14.6 Å². The van der Waals surface area contributed by atoms with E-state index in [1.165, 1.54) is 12.3 Å². The number of hydrogen-bond acceptors (Lipinski definition) is 5. The summed E-state index contributed by atoms with van der Waals surface area (Å²) in [7, 11) is 0.492. The summed E-state index contributed by atoms with van der Waals surface area (Å²) in [6.45, 7) is 1.86. The number of sulfone groups is 1. The monoisotopic (exact) mass is 503 g/mol. The molecule has 0 spiro atoms. The Morgan fingerprint density at radius 1 is 1.27 bits per heavy atom. The van der Waals surface area contributed by atoms with Gasteiger partial charge in [0.25, 0.3) is 0 Å². The van der Waals surface area contributed by atoms with E-state index in [4.69, 9.17) is 9.47 Å². The standard InChI is InChI=1S/C16H26FN3O4S.HI/c1-18-16(19-8-10-23-12-13-25(3,21)22)20(2)9-11-24-15-7-5-4-6-14(15)17;/h4-7H,8-13H2,1-3H3,(H,18,19);1H. The minimum atomic E-state index is -3.00. The van der Waals surface area contributed by atoms with Gasteiger partial charge in [-0.05, 0) is 12.1 Å². The van der Waals surface area contributed by atoms with Crippen LogP contribution in [0.2, 0.25) is 0 Å². The lowest BCUT2D eigenvalue weighted by Gasteiger charge is -2.22. The van der Waals surface area contributed by atoms with Crippen molar-refractivity contribution in [3.63, 3.8) is 0 Å². The Balaban J connectivity index is 0.00000625. The molecule has 0 heterocycles. The number of guanidine groups is 1. The van der Waals surface area contributed by atoms with Crippen LogP contribution < -0.4 is 10.1 Å². The van der Waals surface area contributed by atoms with Crippen LogP contribution in [-0.4, -0.2) is 78.3 Å². The molecule has 0 saturated carbocycles. The molecule has 0 bridgehead atoms. The number of nitrogens with zero attached hydrogens (tertiary/aromatic N) is 2. The smallest absolute Gasteiger partial charge is 0.193 e. The van der Waals surface area contributed by atoms with E-state index in [1.54, 1.807) is 25.2 Å². The lowest BCUT2D eigenvalue weighted by molar-refractivity contribution is 0.153. The van der Waals surface area contributed by atoms with Crippen molar-refractivity contribution in [3.05, 3.63) is 30.1 Å². The lowest BCUT2D eigenvalue weighted by Crippen LogP contribution is -2.42. The molecule has 0 aliphatic rings. The lowest BCUT2D eigenvalue weighted by atomic mass is 10.3. The first-order chi connectivity index (χ1) is 11.8. The predicted molar refractivity (Wildman–Crippen MR) is 112 cm³/mol. The van der Waals surface area contributed by atoms with Crippen LogP contribution in [0.3, 0.4) is 0 Å². The molecule has 0 aliphatic heterocycles. The fourth-order valence-electron chi connectivity index (χ4n) is 1.89. The van der Waals surface area contributed by atoms with E-state index >= 15 is 0 Å². The Morgan fingerprint density at radius 3 is 2.58 bits per heavy atom. The average Bonchev–Trinajstić information content (AvgIpc) is 2.55. The van der Waals surface area contributed by atoms with E-state index in [0.717, 1.165) is 0 Å². The maximum atomic E-state index is 13.5. The Hall–Kier alpha value is -1.14. The van der Waals surface area contributed by atoms with Gasteiger partial charge >= 0.3 is 0 Å². The van der Waals surface area contributed by atoms with E-state index in [-0.39, 0.29) is 47.9 Å². The zero-order valence-corrected chi connectivity index (χ0v) is 18.4. The van der Waals surface area contributed by atoms with Gasteiger partial charge < -0.3 is 19.7 Å². The largest absolute Gasteiger partial charge is 0.489 e. The molecule has 0 aromatic heterocycles. The summed E-state index contributed by atoms with van der Waals surface area (Å²) in [6, 6.07) is 6.25. The number of likely N-dealkylation sites (N-methyl/N-ethyl adjacent to an activating group) is 1. The molecule has 26 heavy (non-hydrogen) atoms. The van der Waals surface area contributed by atoms with Crippen molar-refractivity contribution in [2.45, 2.75) is 0 Å². The van der Waals surface area contributed by atoms with Gasteiger partial charge in [-0.25, -0.2) is 12.8 Å². The summed E-state index contributed by atoms with van der Waals surface area (Å²) < 4.78 is 46.1. The van der Waals surface area contributed by atoms with Crippen LogP contribution >= 0.6 is 24.0 Å². The molecule has 1 rings (SSSR count). The Kier molecular flexibility index (Phi) is 12.5. The normalized spacial score (nSPS) is 11.6. The third-order valence-corrected chi connectivity index (χ3v) is 4.13. The number of para-hydroxylation sites is 1. The maximum absolute atomic E-state index is 13.5. The van der Waals surface area contributed by atoms with Crippen molar-refractivity contribution < 1.29 is 22.3 Å². The van der Waals surface area contributed by atoms with Gasteiger partial charge in [-0.15, -0.1) is 24.0 Å². The molecule has 7 nitrogen and oxygen atoms in total. The third-order valence-electron chi connectivity index (χ3n) is 3.22. The van der Waals surface area contributed by atoms with E-state index < -0.39 is 9.84 Å².